The molecule has 0 aliphatic heterocycles. The van der Waals surface area contributed by atoms with Crippen molar-refractivity contribution in [3.63, 3.8) is 0 Å². The Kier molecular flexibility index (Phi) is 5.64. The van der Waals surface area contributed by atoms with Crippen LogP contribution in [0.2, 0.25) is 0 Å². The Morgan fingerprint density at radius 3 is 2.03 bits per heavy atom. The zero-order valence-electron chi connectivity index (χ0n) is 15.0. The zero-order valence-corrected chi connectivity index (χ0v) is 15.0. The minimum absolute atomic E-state index is 0.0110. The first-order chi connectivity index (χ1) is 14.0. The maximum absolute atomic E-state index is 11.6. The number of nitro benzene ring substituents is 1. The van der Waals surface area contributed by atoms with E-state index in [1.54, 1.807) is 24.3 Å². The molecule has 3 rings (SSSR count). The molecule has 2 aromatic carbocycles. The lowest BCUT2D eigenvalue weighted by Crippen LogP contribution is -2.13. The van der Waals surface area contributed by atoms with Gasteiger partial charge in [0.15, 0.2) is 0 Å². The average molecular weight is 397 g/mol. The first-order valence-electron chi connectivity index (χ1n) is 8.15. The summed E-state index contributed by atoms with van der Waals surface area (Å²) in [6, 6.07) is 12.3. The van der Waals surface area contributed by atoms with Crippen LogP contribution in [0, 0.1) is 20.2 Å². The van der Waals surface area contributed by atoms with E-state index in [2.05, 4.69) is 26.1 Å². The number of nitro groups is 2. The van der Waals surface area contributed by atoms with E-state index in [1.807, 2.05) is 0 Å². The number of non-ortho nitro benzene ring substituents is 1. The van der Waals surface area contributed by atoms with Crippen LogP contribution >= 0.6 is 0 Å². The molecule has 0 spiro atoms. The SMILES string of the molecule is COc1ccc(Nc2ncnc(NNc3ccc([N+](=O)[O-])cc3)c2[N+](=O)[O-])cc1. The highest BCUT2D eigenvalue weighted by Crippen LogP contribution is 2.31. The van der Waals surface area contributed by atoms with Gasteiger partial charge in [-0.2, -0.15) is 0 Å². The van der Waals surface area contributed by atoms with Gasteiger partial charge in [-0.15, -0.1) is 0 Å². The third-order valence-corrected chi connectivity index (χ3v) is 3.76. The van der Waals surface area contributed by atoms with E-state index < -0.39 is 9.85 Å². The van der Waals surface area contributed by atoms with Gasteiger partial charge in [0.1, 0.15) is 12.1 Å². The maximum atomic E-state index is 11.6. The number of nitrogens with one attached hydrogen (secondary N) is 3. The molecule has 3 N–H and O–H groups in total. The Morgan fingerprint density at radius 1 is 0.828 bits per heavy atom. The third kappa shape index (κ3) is 4.63. The van der Waals surface area contributed by atoms with E-state index in [1.165, 1.54) is 37.7 Å². The minimum Gasteiger partial charge on any atom is -0.497 e. The molecule has 1 heterocycles. The molecule has 0 aliphatic carbocycles. The van der Waals surface area contributed by atoms with E-state index >= 15 is 0 Å². The van der Waals surface area contributed by atoms with E-state index in [-0.39, 0.29) is 23.0 Å². The van der Waals surface area contributed by atoms with E-state index in [0.717, 1.165) is 0 Å². The lowest BCUT2D eigenvalue weighted by Gasteiger charge is -2.11. The summed E-state index contributed by atoms with van der Waals surface area (Å²) in [4.78, 5) is 29.0. The molecule has 29 heavy (non-hydrogen) atoms. The van der Waals surface area contributed by atoms with Crippen LogP contribution in [0.5, 0.6) is 5.75 Å². The number of hydrogen-bond donors (Lipinski definition) is 3. The molecule has 148 valence electrons. The Bertz CT molecular complexity index is 1030. The van der Waals surface area contributed by atoms with Gasteiger partial charge in [-0.1, -0.05) is 0 Å². The first-order valence-corrected chi connectivity index (χ1v) is 8.15. The van der Waals surface area contributed by atoms with Gasteiger partial charge in [0.05, 0.1) is 22.6 Å². The molecule has 3 aromatic rings. The fourth-order valence-electron chi connectivity index (χ4n) is 2.34. The summed E-state index contributed by atoms with van der Waals surface area (Å²) >= 11 is 0. The molecule has 12 nitrogen and oxygen atoms in total. The molecular weight excluding hydrogens is 382 g/mol. The minimum atomic E-state index is -0.619. The van der Waals surface area contributed by atoms with Gasteiger partial charge in [-0.25, -0.2) is 9.97 Å². The largest absolute Gasteiger partial charge is 0.497 e. The van der Waals surface area contributed by atoms with Gasteiger partial charge in [0.25, 0.3) is 5.69 Å². The summed E-state index contributed by atoms with van der Waals surface area (Å²) in [6.07, 6.45) is 1.17. The second-order valence-electron chi connectivity index (χ2n) is 5.58. The van der Waals surface area contributed by atoms with Crippen molar-refractivity contribution in [3.05, 3.63) is 75.1 Å². The highest BCUT2D eigenvalue weighted by Gasteiger charge is 2.23. The fraction of sp³-hybridized carbons (Fsp3) is 0.0588. The second-order valence-corrected chi connectivity index (χ2v) is 5.58. The Morgan fingerprint density at radius 2 is 1.45 bits per heavy atom. The predicted octanol–water partition coefficient (Wildman–Crippen LogP) is 3.48. The quantitative estimate of drug-likeness (QED) is 0.379. The van der Waals surface area contributed by atoms with Gasteiger partial charge in [0.2, 0.25) is 11.6 Å². The van der Waals surface area contributed by atoms with Gasteiger partial charge < -0.3 is 10.1 Å². The number of hydrogen-bond acceptors (Lipinski definition) is 10. The van der Waals surface area contributed by atoms with E-state index in [9.17, 15) is 20.2 Å². The fourth-order valence-corrected chi connectivity index (χ4v) is 2.34. The first kappa shape index (κ1) is 19.3. The van der Waals surface area contributed by atoms with Gasteiger partial charge >= 0.3 is 5.69 Å². The summed E-state index contributed by atoms with van der Waals surface area (Å²) in [5.74, 6) is 0.546. The lowest BCUT2D eigenvalue weighted by molar-refractivity contribution is -0.384. The maximum Gasteiger partial charge on any atom is 0.355 e. The monoisotopic (exact) mass is 397 g/mol. The number of ether oxygens (including phenoxy) is 1. The number of rotatable bonds is 8. The Hall–Kier alpha value is -4.48. The topological polar surface area (TPSA) is 157 Å². The second kappa shape index (κ2) is 8.47. The molecule has 12 heteroatoms. The van der Waals surface area contributed by atoms with Gasteiger partial charge in [-0.3, -0.25) is 31.1 Å². The van der Waals surface area contributed by atoms with Gasteiger partial charge in [0, 0.05) is 17.8 Å². The molecule has 0 radical (unpaired) electrons. The lowest BCUT2D eigenvalue weighted by atomic mass is 10.3. The molecule has 1 aromatic heterocycles. The van der Waals surface area contributed by atoms with Crippen LogP contribution in [0.15, 0.2) is 54.9 Å². The zero-order chi connectivity index (χ0) is 20.8. The highest BCUT2D eigenvalue weighted by molar-refractivity contribution is 5.74. The number of methoxy groups -OCH3 is 1. The third-order valence-electron chi connectivity index (χ3n) is 3.76. The predicted molar refractivity (Wildman–Crippen MR) is 105 cm³/mol. The molecule has 0 saturated carbocycles. The number of nitrogens with zero attached hydrogens (tertiary/aromatic N) is 4. The molecule has 0 amide bonds. The summed E-state index contributed by atoms with van der Waals surface area (Å²) in [7, 11) is 1.54. The molecule has 0 fully saturated rings. The van der Waals surface area contributed by atoms with Crippen LogP contribution in [0.25, 0.3) is 0 Å². The normalized spacial score (nSPS) is 10.1. The summed E-state index contributed by atoms with van der Waals surface area (Å²) in [5, 5.41) is 25.2. The van der Waals surface area contributed by atoms with E-state index in [0.29, 0.717) is 17.1 Å². The van der Waals surface area contributed by atoms with Gasteiger partial charge in [-0.05, 0) is 36.4 Å². The molecule has 0 saturated heterocycles. The standard InChI is InChI=1S/C17H15N7O5/c1-29-14-8-4-11(5-9-14)20-16-15(24(27)28)17(19-10-18-16)22-21-12-2-6-13(7-3-12)23(25)26/h2-10,21H,1H3,(H2,18,19,20,22). The van der Waals surface area contributed by atoms with E-state index in [4.69, 9.17) is 4.74 Å². The van der Waals surface area contributed by atoms with Crippen molar-refractivity contribution in [2.24, 2.45) is 0 Å². The summed E-state index contributed by atoms with van der Waals surface area (Å²) in [6.45, 7) is 0. The van der Waals surface area contributed by atoms with Crippen molar-refractivity contribution in [2.75, 3.05) is 23.3 Å². The summed E-state index contributed by atoms with van der Waals surface area (Å²) in [5.41, 5.74) is 5.92. The highest BCUT2D eigenvalue weighted by atomic mass is 16.6. The molecule has 0 bridgehead atoms. The number of anilines is 4. The molecule has 0 aliphatic rings. The van der Waals surface area contributed by atoms with Crippen molar-refractivity contribution in [1.29, 1.82) is 0 Å². The number of aromatic nitrogens is 2. The van der Waals surface area contributed by atoms with Crippen LogP contribution in [0.1, 0.15) is 0 Å². The Balaban J connectivity index is 1.80. The Labute approximate surface area is 163 Å². The smallest absolute Gasteiger partial charge is 0.355 e. The van der Waals surface area contributed by atoms with Crippen LogP contribution in [0.3, 0.4) is 0 Å². The van der Waals surface area contributed by atoms with Crippen LogP contribution in [-0.2, 0) is 0 Å². The van der Waals surface area contributed by atoms with Crippen molar-refractivity contribution in [2.45, 2.75) is 0 Å². The average Bonchev–Trinajstić information content (AvgIpc) is 2.73. The van der Waals surface area contributed by atoms with Crippen LogP contribution in [-0.4, -0.2) is 26.9 Å². The molecule has 0 atom stereocenters. The van der Waals surface area contributed by atoms with Crippen molar-refractivity contribution in [3.8, 4) is 5.75 Å². The van der Waals surface area contributed by atoms with Crippen molar-refractivity contribution in [1.82, 2.24) is 9.97 Å². The number of benzene rings is 2. The number of hydrazine groups is 1. The van der Waals surface area contributed by atoms with Crippen molar-refractivity contribution >= 4 is 34.4 Å². The van der Waals surface area contributed by atoms with Crippen LogP contribution in [0.4, 0.5) is 34.4 Å². The van der Waals surface area contributed by atoms with Crippen molar-refractivity contribution < 1.29 is 14.6 Å². The summed E-state index contributed by atoms with van der Waals surface area (Å²) < 4.78 is 5.08. The molecule has 0 unspecified atom stereocenters. The molecular formula is C17H15N7O5. The van der Waals surface area contributed by atoms with Crippen LogP contribution < -0.4 is 20.9 Å².